The molecule has 1 saturated carbocycles. The number of carbonyl (C=O) groups is 1. The van der Waals surface area contributed by atoms with Crippen molar-refractivity contribution in [1.82, 2.24) is 25.5 Å². The summed E-state index contributed by atoms with van der Waals surface area (Å²) >= 11 is 1.47. The van der Waals surface area contributed by atoms with Crippen molar-refractivity contribution in [3.63, 3.8) is 0 Å². The first kappa shape index (κ1) is 15.3. The van der Waals surface area contributed by atoms with Gasteiger partial charge in [0.15, 0.2) is 0 Å². The highest BCUT2D eigenvalue weighted by Crippen LogP contribution is 2.42. The molecule has 0 radical (unpaired) electrons. The smallest absolute Gasteiger partial charge is 0.321 e. The molecule has 0 bridgehead atoms. The first-order valence-corrected chi connectivity index (χ1v) is 9.02. The molecule has 126 valence electrons. The average molecular weight is 345 g/mol. The molecular formula is C15H19N7OS. The fourth-order valence-corrected chi connectivity index (χ4v) is 3.68. The molecule has 2 amide bonds. The van der Waals surface area contributed by atoms with Crippen LogP contribution in [0.4, 0.5) is 15.9 Å². The summed E-state index contributed by atoms with van der Waals surface area (Å²) < 4.78 is 0. The normalized spacial score (nSPS) is 18.4. The number of piperidine rings is 1. The molecule has 2 aliphatic rings. The molecular weight excluding hydrogens is 326 g/mol. The molecule has 0 unspecified atom stereocenters. The molecule has 0 spiro atoms. The van der Waals surface area contributed by atoms with Gasteiger partial charge in [0.25, 0.3) is 0 Å². The number of hydrogen-bond donors (Lipinski definition) is 2. The maximum atomic E-state index is 12.1. The van der Waals surface area contributed by atoms with Crippen molar-refractivity contribution < 1.29 is 4.79 Å². The van der Waals surface area contributed by atoms with Gasteiger partial charge in [-0.25, -0.2) is 14.8 Å². The molecule has 0 atom stereocenters. The van der Waals surface area contributed by atoms with Crippen LogP contribution in [-0.2, 0) is 0 Å². The lowest BCUT2D eigenvalue weighted by atomic mass is 10.1. The van der Waals surface area contributed by atoms with Crippen molar-refractivity contribution in [2.45, 2.75) is 37.6 Å². The third-order valence-corrected chi connectivity index (χ3v) is 5.25. The van der Waals surface area contributed by atoms with Crippen LogP contribution in [0.25, 0.3) is 0 Å². The lowest BCUT2D eigenvalue weighted by molar-refractivity contribution is 0.246. The minimum absolute atomic E-state index is 0.154. The average Bonchev–Trinajstić information content (AvgIpc) is 3.36. The fourth-order valence-electron chi connectivity index (χ4n) is 2.78. The zero-order valence-corrected chi connectivity index (χ0v) is 14.0. The molecule has 2 aromatic heterocycles. The van der Waals surface area contributed by atoms with Gasteiger partial charge in [-0.2, -0.15) is 0 Å². The summed E-state index contributed by atoms with van der Waals surface area (Å²) in [7, 11) is 0. The Morgan fingerprint density at radius 1 is 1.12 bits per heavy atom. The van der Waals surface area contributed by atoms with Gasteiger partial charge in [-0.05, 0) is 31.7 Å². The van der Waals surface area contributed by atoms with E-state index >= 15 is 0 Å². The van der Waals surface area contributed by atoms with Gasteiger partial charge in [-0.3, -0.25) is 5.32 Å². The van der Waals surface area contributed by atoms with E-state index in [4.69, 9.17) is 0 Å². The summed E-state index contributed by atoms with van der Waals surface area (Å²) in [5, 5.41) is 15.6. The lowest BCUT2D eigenvalue weighted by Gasteiger charge is -2.32. The van der Waals surface area contributed by atoms with Crippen LogP contribution in [0, 0.1) is 0 Å². The van der Waals surface area contributed by atoms with E-state index in [1.807, 2.05) is 6.07 Å². The highest BCUT2D eigenvalue weighted by Gasteiger charge is 2.28. The molecule has 8 nitrogen and oxygen atoms in total. The van der Waals surface area contributed by atoms with Gasteiger partial charge in [0.1, 0.15) is 5.01 Å². The van der Waals surface area contributed by atoms with Crippen LogP contribution in [0.1, 0.15) is 36.6 Å². The Morgan fingerprint density at radius 3 is 2.58 bits per heavy atom. The van der Waals surface area contributed by atoms with Crippen molar-refractivity contribution in [1.29, 1.82) is 0 Å². The van der Waals surface area contributed by atoms with Crippen LogP contribution in [0.5, 0.6) is 0 Å². The Labute approximate surface area is 143 Å². The molecule has 2 fully saturated rings. The van der Waals surface area contributed by atoms with E-state index in [-0.39, 0.29) is 12.1 Å². The van der Waals surface area contributed by atoms with Gasteiger partial charge >= 0.3 is 6.03 Å². The lowest BCUT2D eigenvalue weighted by Crippen LogP contribution is -2.46. The molecule has 3 heterocycles. The summed E-state index contributed by atoms with van der Waals surface area (Å²) in [6.45, 7) is 1.67. The Bertz CT molecular complexity index is 695. The number of aromatic nitrogens is 4. The monoisotopic (exact) mass is 345 g/mol. The summed E-state index contributed by atoms with van der Waals surface area (Å²) in [6.07, 6.45) is 7.61. The number of carbonyl (C=O) groups excluding carboxylic acids is 1. The fraction of sp³-hybridized carbons (Fsp3) is 0.533. The number of nitrogens with zero attached hydrogens (tertiary/aromatic N) is 5. The van der Waals surface area contributed by atoms with Crippen molar-refractivity contribution in [3.8, 4) is 0 Å². The maximum Gasteiger partial charge on any atom is 0.321 e. The number of urea groups is 1. The molecule has 0 aromatic carbocycles. The molecule has 9 heteroatoms. The van der Waals surface area contributed by atoms with Crippen molar-refractivity contribution in [2.24, 2.45) is 0 Å². The van der Waals surface area contributed by atoms with Crippen LogP contribution < -0.4 is 15.5 Å². The summed E-state index contributed by atoms with van der Waals surface area (Å²) in [4.78, 5) is 22.8. The molecule has 24 heavy (non-hydrogen) atoms. The third-order valence-electron chi connectivity index (χ3n) is 4.25. The van der Waals surface area contributed by atoms with Gasteiger partial charge in [-0.15, -0.1) is 10.2 Å². The maximum absolute atomic E-state index is 12.1. The van der Waals surface area contributed by atoms with Crippen LogP contribution in [0.15, 0.2) is 18.5 Å². The van der Waals surface area contributed by atoms with Crippen molar-refractivity contribution >= 4 is 28.4 Å². The quantitative estimate of drug-likeness (QED) is 0.880. The predicted molar refractivity (Wildman–Crippen MR) is 91.3 cm³/mol. The van der Waals surface area contributed by atoms with E-state index in [0.29, 0.717) is 11.0 Å². The van der Waals surface area contributed by atoms with Gasteiger partial charge in [0.05, 0.1) is 0 Å². The van der Waals surface area contributed by atoms with Gasteiger partial charge in [0, 0.05) is 37.4 Å². The largest absolute Gasteiger partial charge is 0.341 e. The first-order valence-electron chi connectivity index (χ1n) is 8.21. The van der Waals surface area contributed by atoms with Crippen LogP contribution in [-0.4, -0.2) is 45.3 Å². The summed E-state index contributed by atoms with van der Waals surface area (Å²) in [5.74, 6) is 1.31. The van der Waals surface area contributed by atoms with E-state index in [1.165, 1.54) is 24.2 Å². The first-order chi connectivity index (χ1) is 11.8. The molecule has 1 aliphatic carbocycles. The zero-order valence-electron chi connectivity index (χ0n) is 13.2. The van der Waals surface area contributed by atoms with Crippen molar-refractivity contribution in [3.05, 3.63) is 23.5 Å². The minimum atomic E-state index is -0.206. The zero-order chi connectivity index (χ0) is 16.4. The van der Waals surface area contributed by atoms with E-state index < -0.39 is 0 Å². The van der Waals surface area contributed by atoms with Gasteiger partial charge in [0.2, 0.25) is 11.1 Å². The Kier molecular flexibility index (Phi) is 4.24. The number of rotatable bonds is 4. The molecule has 2 aromatic rings. The second kappa shape index (κ2) is 6.68. The molecule has 2 N–H and O–H groups in total. The van der Waals surface area contributed by atoms with Crippen LogP contribution in [0.2, 0.25) is 0 Å². The van der Waals surface area contributed by atoms with E-state index in [1.54, 1.807) is 12.4 Å². The number of anilines is 2. The summed E-state index contributed by atoms with van der Waals surface area (Å²) in [5.41, 5.74) is 0. The predicted octanol–water partition coefficient (Wildman–Crippen LogP) is 2.00. The second-order valence-corrected chi connectivity index (χ2v) is 7.14. The van der Waals surface area contributed by atoms with Crippen LogP contribution in [0.3, 0.4) is 0 Å². The minimum Gasteiger partial charge on any atom is -0.341 e. The molecule has 1 saturated heterocycles. The standard InChI is InChI=1S/C15H19N7OS/c23-14(19-15-21-20-12(24-15)10-2-3-10)18-11-4-8-22(9-5-11)13-16-6-1-7-17-13/h1,6-7,10-11H,2-5,8-9H2,(H2,18,19,21,23). The van der Waals surface area contributed by atoms with E-state index in [2.05, 4.69) is 35.7 Å². The Morgan fingerprint density at radius 2 is 1.88 bits per heavy atom. The number of nitrogens with one attached hydrogen (secondary N) is 2. The molecule has 1 aliphatic heterocycles. The second-order valence-electron chi connectivity index (χ2n) is 6.13. The SMILES string of the molecule is O=C(Nc1nnc(C2CC2)s1)NC1CCN(c2ncccn2)CC1. The van der Waals surface area contributed by atoms with E-state index in [9.17, 15) is 4.79 Å². The summed E-state index contributed by atoms with van der Waals surface area (Å²) in [6, 6.07) is 1.76. The van der Waals surface area contributed by atoms with E-state index in [0.717, 1.165) is 36.9 Å². The van der Waals surface area contributed by atoms with Crippen molar-refractivity contribution in [2.75, 3.05) is 23.3 Å². The van der Waals surface area contributed by atoms with Gasteiger partial charge < -0.3 is 10.2 Å². The Hall–Kier alpha value is -2.29. The highest BCUT2D eigenvalue weighted by atomic mass is 32.1. The highest BCUT2D eigenvalue weighted by molar-refractivity contribution is 7.15. The van der Waals surface area contributed by atoms with Gasteiger partial charge in [-0.1, -0.05) is 11.3 Å². The third kappa shape index (κ3) is 3.61. The Balaban J connectivity index is 1.25. The molecule has 4 rings (SSSR count). The van der Waals surface area contributed by atoms with Crippen LogP contribution >= 0.6 is 11.3 Å². The number of hydrogen-bond acceptors (Lipinski definition) is 7. The topological polar surface area (TPSA) is 95.9 Å². The number of amides is 2.